The van der Waals surface area contributed by atoms with Gasteiger partial charge in [0.1, 0.15) is 17.5 Å². The van der Waals surface area contributed by atoms with E-state index in [0.717, 1.165) is 23.8 Å². The molecule has 5 nitrogen and oxygen atoms in total. The van der Waals surface area contributed by atoms with Crippen LogP contribution in [0.5, 0.6) is 0 Å². The zero-order valence-electron chi connectivity index (χ0n) is 10.7. The fourth-order valence-electron chi connectivity index (χ4n) is 1.79. The van der Waals surface area contributed by atoms with Crippen LogP contribution in [0.2, 0.25) is 0 Å². The van der Waals surface area contributed by atoms with Crippen molar-refractivity contribution in [2.24, 2.45) is 5.84 Å². The first-order chi connectivity index (χ1) is 7.51. The van der Waals surface area contributed by atoms with Gasteiger partial charge in [0.05, 0.1) is 0 Å². The Hall–Kier alpha value is -1.36. The zero-order valence-corrected chi connectivity index (χ0v) is 10.7. The van der Waals surface area contributed by atoms with Crippen molar-refractivity contribution in [2.45, 2.75) is 40.7 Å². The van der Waals surface area contributed by atoms with Gasteiger partial charge >= 0.3 is 0 Å². The Labute approximate surface area is 97.0 Å². The van der Waals surface area contributed by atoms with Gasteiger partial charge in [-0.1, -0.05) is 0 Å². The number of hydrogen-bond donors (Lipinski definition) is 2. The quantitative estimate of drug-likeness (QED) is 0.599. The van der Waals surface area contributed by atoms with Crippen molar-refractivity contribution in [2.75, 3.05) is 16.9 Å². The van der Waals surface area contributed by atoms with Crippen LogP contribution < -0.4 is 16.2 Å². The van der Waals surface area contributed by atoms with Gasteiger partial charge < -0.3 is 10.3 Å². The van der Waals surface area contributed by atoms with Crippen LogP contribution in [0, 0.1) is 13.8 Å². The normalized spacial score (nSPS) is 10.7. The second-order valence-corrected chi connectivity index (χ2v) is 4.09. The van der Waals surface area contributed by atoms with Crippen LogP contribution in [-0.4, -0.2) is 22.6 Å². The summed E-state index contributed by atoms with van der Waals surface area (Å²) in [5.74, 6) is 7.83. The zero-order chi connectivity index (χ0) is 12.3. The van der Waals surface area contributed by atoms with E-state index in [1.165, 1.54) is 0 Å². The summed E-state index contributed by atoms with van der Waals surface area (Å²) in [6, 6.07) is 0.406. The molecule has 0 bridgehead atoms. The number of nitrogens with zero attached hydrogens (tertiary/aromatic N) is 3. The maximum atomic E-state index is 5.45. The number of rotatable bonds is 4. The highest BCUT2D eigenvalue weighted by Gasteiger charge is 2.16. The summed E-state index contributed by atoms with van der Waals surface area (Å²) in [5.41, 5.74) is 3.61. The molecule has 16 heavy (non-hydrogen) atoms. The van der Waals surface area contributed by atoms with E-state index in [9.17, 15) is 0 Å². The Bertz CT molecular complexity index is 362. The number of nitrogens with two attached hydrogens (primary N) is 1. The van der Waals surface area contributed by atoms with Crippen molar-refractivity contribution in [1.29, 1.82) is 0 Å². The lowest BCUT2D eigenvalue weighted by Crippen LogP contribution is -2.32. The molecule has 0 radical (unpaired) electrons. The van der Waals surface area contributed by atoms with Crippen LogP contribution >= 0.6 is 0 Å². The lowest BCUT2D eigenvalue weighted by atomic mass is 10.2. The molecule has 1 heterocycles. The highest BCUT2D eigenvalue weighted by Crippen LogP contribution is 2.24. The first-order valence-corrected chi connectivity index (χ1v) is 5.59. The van der Waals surface area contributed by atoms with E-state index >= 15 is 0 Å². The van der Waals surface area contributed by atoms with Crippen molar-refractivity contribution in [3.63, 3.8) is 0 Å². The Morgan fingerprint density at radius 3 is 2.38 bits per heavy atom. The number of hydrogen-bond acceptors (Lipinski definition) is 5. The van der Waals surface area contributed by atoms with Crippen LogP contribution in [0.1, 0.15) is 32.2 Å². The standard InChI is InChI=1S/C11H21N5/c1-6-16(7(2)3)11-8(4)10(15-12)13-9(5)14-11/h7H,6,12H2,1-5H3,(H,13,14,15). The molecular formula is C11H21N5. The average molecular weight is 223 g/mol. The minimum atomic E-state index is 0.406. The molecule has 0 aliphatic rings. The maximum absolute atomic E-state index is 5.45. The smallest absolute Gasteiger partial charge is 0.148 e. The molecule has 0 unspecified atom stereocenters. The second kappa shape index (κ2) is 5.12. The molecule has 0 aromatic carbocycles. The van der Waals surface area contributed by atoms with E-state index in [0.29, 0.717) is 11.9 Å². The van der Waals surface area contributed by atoms with E-state index in [2.05, 4.69) is 41.1 Å². The minimum Gasteiger partial charge on any atom is -0.354 e. The van der Waals surface area contributed by atoms with Gasteiger partial charge in [-0.2, -0.15) is 0 Å². The van der Waals surface area contributed by atoms with Gasteiger partial charge in [0.25, 0.3) is 0 Å². The summed E-state index contributed by atoms with van der Waals surface area (Å²) in [6.07, 6.45) is 0. The average Bonchev–Trinajstić information content (AvgIpc) is 2.23. The number of nitrogens with one attached hydrogen (secondary N) is 1. The molecule has 0 saturated heterocycles. The van der Waals surface area contributed by atoms with Gasteiger partial charge in [0, 0.05) is 18.2 Å². The van der Waals surface area contributed by atoms with Crippen LogP contribution in [0.25, 0.3) is 0 Å². The predicted octanol–water partition coefficient (Wildman–Crippen LogP) is 1.61. The molecule has 0 fully saturated rings. The van der Waals surface area contributed by atoms with Gasteiger partial charge in [-0.05, 0) is 34.6 Å². The van der Waals surface area contributed by atoms with Gasteiger partial charge in [-0.3, -0.25) is 0 Å². The fraction of sp³-hybridized carbons (Fsp3) is 0.636. The number of hydrazine groups is 1. The summed E-state index contributed by atoms with van der Waals surface area (Å²) < 4.78 is 0. The molecule has 5 heteroatoms. The van der Waals surface area contributed by atoms with Crippen molar-refractivity contribution in [1.82, 2.24) is 9.97 Å². The molecule has 0 atom stereocenters. The predicted molar refractivity (Wildman–Crippen MR) is 67.5 cm³/mol. The van der Waals surface area contributed by atoms with E-state index in [1.807, 2.05) is 13.8 Å². The van der Waals surface area contributed by atoms with Crippen molar-refractivity contribution < 1.29 is 0 Å². The van der Waals surface area contributed by atoms with Crippen molar-refractivity contribution in [3.05, 3.63) is 11.4 Å². The summed E-state index contributed by atoms with van der Waals surface area (Å²) in [7, 11) is 0. The van der Waals surface area contributed by atoms with Crippen LogP contribution in [-0.2, 0) is 0 Å². The molecule has 90 valence electrons. The van der Waals surface area contributed by atoms with Gasteiger partial charge in [0.2, 0.25) is 0 Å². The highest BCUT2D eigenvalue weighted by molar-refractivity contribution is 5.58. The molecule has 0 spiro atoms. The number of nitrogen functional groups attached to an aromatic ring is 1. The summed E-state index contributed by atoms with van der Waals surface area (Å²) in [5, 5.41) is 0. The van der Waals surface area contributed by atoms with E-state index in [4.69, 9.17) is 5.84 Å². The van der Waals surface area contributed by atoms with E-state index in [1.54, 1.807) is 0 Å². The SMILES string of the molecule is CCN(c1nc(C)nc(NN)c1C)C(C)C. The molecule has 3 N–H and O–H groups in total. The Morgan fingerprint density at radius 2 is 1.94 bits per heavy atom. The second-order valence-electron chi connectivity index (χ2n) is 4.09. The summed E-state index contributed by atoms with van der Waals surface area (Å²) in [4.78, 5) is 11.0. The number of aryl methyl sites for hydroxylation is 1. The Morgan fingerprint density at radius 1 is 1.31 bits per heavy atom. The molecule has 1 rings (SSSR count). The third kappa shape index (κ3) is 2.41. The first kappa shape index (κ1) is 12.7. The number of anilines is 2. The van der Waals surface area contributed by atoms with Crippen LogP contribution in [0.3, 0.4) is 0 Å². The molecule has 1 aromatic heterocycles. The summed E-state index contributed by atoms with van der Waals surface area (Å²) >= 11 is 0. The van der Waals surface area contributed by atoms with Crippen molar-refractivity contribution in [3.8, 4) is 0 Å². The summed E-state index contributed by atoms with van der Waals surface area (Å²) in [6.45, 7) is 11.2. The largest absolute Gasteiger partial charge is 0.354 e. The molecule has 0 saturated carbocycles. The lowest BCUT2D eigenvalue weighted by molar-refractivity contribution is 0.687. The molecule has 0 amide bonds. The molecular weight excluding hydrogens is 202 g/mol. The van der Waals surface area contributed by atoms with Gasteiger partial charge in [-0.15, -0.1) is 0 Å². The molecule has 0 aliphatic heterocycles. The monoisotopic (exact) mass is 223 g/mol. The topological polar surface area (TPSA) is 67.1 Å². The van der Waals surface area contributed by atoms with E-state index < -0.39 is 0 Å². The van der Waals surface area contributed by atoms with Gasteiger partial charge in [0.15, 0.2) is 0 Å². The minimum absolute atomic E-state index is 0.406. The maximum Gasteiger partial charge on any atom is 0.148 e. The Balaban J connectivity index is 3.26. The fourth-order valence-corrected chi connectivity index (χ4v) is 1.79. The van der Waals surface area contributed by atoms with Gasteiger partial charge in [-0.25, -0.2) is 15.8 Å². The Kier molecular flexibility index (Phi) is 4.06. The van der Waals surface area contributed by atoms with Crippen LogP contribution in [0.4, 0.5) is 11.6 Å². The lowest BCUT2D eigenvalue weighted by Gasteiger charge is -2.28. The third-order valence-corrected chi connectivity index (χ3v) is 2.60. The first-order valence-electron chi connectivity index (χ1n) is 5.59. The van der Waals surface area contributed by atoms with Crippen LogP contribution in [0.15, 0.2) is 0 Å². The molecule has 1 aromatic rings. The van der Waals surface area contributed by atoms with E-state index in [-0.39, 0.29) is 0 Å². The van der Waals surface area contributed by atoms with Crippen molar-refractivity contribution >= 4 is 11.6 Å². The third-order valence-electron chi connectivity index (χ3n) is 2.60. The highest BCUT2D eigenvalue weighted by atomic mass is 15.3. The number of aromatic nitrogens is 2. The molecule has 0 aliphatic carbocycles.